The molecule has 0 aliphatic carbocycles. The van der Waals surface area contributed by atoms with Crippen LogP contribution in [0.2, 0.25) is 0 Å². The zero-order valence-corrected chi connectivity index (χ0v) is 13.8. The Morgan fingerprint density at radius 2 is 1.90 bits per heavy atom. The molecule has 0 bridgehead atoms. The largest absolute Gasteiger partial charge is 0.376 e. The van der Waals surface area contributed by atoms with Crippen molar-refractivity contribution in [3.8, 4) is 0 Å². The second kappa shape index (κ2) is 6.06. The maximum absolute atomic E-state index is 4.54. The lowest BCUT2D eigenvalue weighted by Gasteiger charge is -2.24. The zero-order chi connectivity index (χ0) is 14.8. The van der Waals surface area contributed by atoms with Gasteiger partial charge in [0.25, 0.3) is 0 Å². The fraction of sp³-hybridized carbons (Fsp3) is 0.471. The third-order valence-corrected chi connectivity index (χ3v) is 5.31. The normalized spacial score (nSPS) is 16.2. The van der Waals surface area contributed by atoms with E-state index in [0.717, 1.165) is 10.7 Å². The molecule has 1 aliphatic heterocycles. The van der Waals surface area contributed by atoms with Crippen molar-refractivity contribution in [2.24, 2.45) is 0 Å². The maximum Gasteiger partial charge on any atom is 0.0900 e. The number of thiazole rings is 1. The number of nitrogens with zero attached hydrogens (tertiary/aromatic N) is 2. The van der Waals surface area contributed by atoms with E-state index in [2.05, 4.69) is 60.2 Å². The summed E-state index contributed by atoms with van der Waals surface area (Å²) in [7, 11) is 0. The number of rotatable bonds is 4. The molecule has 21 heavy (non-hydrogen) atoms. The SMILES string of the molecule is Cc1nc(C)c(C(C)Nc2ccccc2N2CCCC2)s1. The summed E-state index contributed by atoms with van der Waals surface area (Å²) in [4.78, 5) is 8.36. The lowest BCUT2D eigenvalue weighted by Crippen LogP contribution is -2.19. The standard InChI is InChI=1S/C17H23N3S/c1-12-17(21-14(3)18-12)13(2)19-15-8-4-5-9-16(15)20-10-6-7-11-20/h4-5,8-9,13,19H,6-7,10-11H2,1-3H3. The molecule has 1 unspecified atom stereocenters. The highest BCUT2D eigenvalue weighted by molar-refractivity contribution is 7.11. The van der Waals surface area contributed by atoms with Gasteiger partial charge in [0, 0.05) is 18.0 Å². The van der Waals surface area contributed by atoms with Crippen LogP contribution >= 0.6 is 11.3 Å². The number of anilines is 2. The van der Waals surface area contributed by atoms with Crippen molar-refractivity contribution in [1.82, 2.24) is 4.98 Å². The van der Waals surface area contributed by atoms with Gasteiger partial charge in [-0.2, -0.15) is 0 Å². The minimum Gasteiger partial charge on any atom is -0.376 e. The second-order valence-electron chi connectivity index (χ2n) is 5.76. The van der Waals surface area contributed by atoms with E-state index in [9.17, 15) is 0 Å². The molecule has 112 valence electrons. The summed E-state index contributed by atoms with van der Waals surface area (Å²) in [6.45, 7) is 8.74. The third kappa shape index (κ3) is 3.05. The molecule has 0 amide bonds. The number of hydrogen-bond acceptors (Lipinski definition) is 4. The molecule has 3 rings (SSSR count). The molecule has 1 saturated heterocycles. The number of nitrogens with one attached hydrogen (secondary N) is 1. The van der Waals surface area contributed by atoms with Gasteiger partial charge < -0.3 is 10.2 Å². The van der Waals surface area contributed by atoms with Crippen molar-refractivity contribution in [3.63, 3.8) is 0 Å². The number of aromatic nitrogens is 1. The molecule has 4 heteroatoms. The smallest absolute Gasteiger partial charge is 0.0900 e. The summed E-state index contributed by atoms with van der Waals surface area (Å²) in [6, 6.07) is 8.95. The lowest BCUT2D eigenvalue weighted by atomic mass is 10.2. The topological polar surface area (TPSA) is 28.2 Å². The van der Waals surface area contributed by atoms with Crippen LogP contribution in [-0.4, -0.2) is 18.1 Å². The van der Waals surface area contributed by atoms with Gasteiger partial charge in [0.2, 0.25) is 0 Å². The Hall–Kier alpha value is -1.55. The molecule has 1 N–H and O–H groups in total. The summed E-state index contributed by atoms with van der Waals surface area (Å²) >= 11 is 1.79. The fourth-order valence-electron chi connectivity index (χ4n) is 3.08. The summed E-state index contributed by atoms with van der Waals surface area (Å²) in [5.41, 5.74) is 3.72. The molecular weight excluding hydrogens is 278 g/mol. The average Bonchev–Trinajstić information content (AvgIpc) is 3.09. The number of aryl methyl sites for hydroxylation is 2. The molecule has 1 aromatic carbocycles. The highest BCUT2D eigenvalue weighted by Gasteiger charge is 2.18. The van der Waals surface area contributed by atoms with Crippen LogP contribution in [0, 0.1) is 13.8 Å². The van der Waals surface area contributed by atoms with Gasteiger partial charge in [0.1, 0.15) is 0 Å². The fourth-order valence-corrected chi connectivity index (χ4v) is 4.01. The summed E-state index contributed by atoms with van der Waals surface area (Å²) < 4.78 is 0. The van der Waals surface area contributed by atoms with E-state index in [4.69, 9.17) is 0 Å². The van der Waals surface area contributed by atoms with Crippen LogP contribution in [0.3, 0.4) is 0 Å². The number of hydrogen-bond donors (Lipinski definition) is 1. The maximum atomic E-state index is 4.54. The average molecular weight is 301 g/mol. The van der Waals surface area contributed by atoms with Gasteiger partial charge in [0.15, 0.2) is 0 Å². The predicted octanol–water partition coefficient (Wildman–Crippen LogP) is 4.53. The van der Waals surface area contributed by atoms with Crippen molar-refractivity contribution in [2.45, 2.75) is 39.7 Å². The van der Waals surface area contributed by atoms with Gasteiger partial charge in [-0.05, 0) is 45.7 Å². The highest BCUT2D eigenvalue weighted by atomic mass is 32.1. The quantitative estimate of drug-likeness (QED) is 0.899. The minimum atomic E-state index is 0.292. The molecule has 1 aromatic heterocycles. The molecule has 0 radical (unpaired) electrons. The Balaban J connectivity index is 1.82. The Bertz CT molecular complexity index is 614. The zero-order valence-electron chi connectivity index (χ0n) is 13.0. The summed E-state index contributed by atoms with van der Waals surface area (Å²) in [5.74, 6) is 0. The van der Waals surface area contributed by atoms with Crippen LogP contribution in [0.5, 0.6) is 0 Å². The van der Waals surface area contributed by atoms with Gasteiger partial charge in [0.05, 0.1) is 28.1 Å². The van der Waals surface area contributed by atoms with Crippen LogP contribution in [0.15, 0.2) is 24.3 Å². The van der Waals surface area contributed by atoms with E-state index >= 15 is 0 Å². The van der Waals surface area contributed by atoms with E-state index < -0.39 is 0 Å². The van der Waals surface area contributed by atoms with E-state index in [1.54, 1.807) is 11.3 Å². The Labute approximate surface area is 131 Å². The summed E-state index contributed by atoms with van der Waals surface area (Å²) in [6.07, 6.45) is 2.61. The van der Waals surface area contributed by atoms with Crippen LogP contribution in [0.4, 0.5) is 11.4 Å². The van der Waals surface area contributed by atoms with Crippen LogP contribution in [0.1, 0.15) is 41.4 Å². The minimum absolute atomic E-state index is 0.292. The van der Waals surface area contributed by atoms with Crippen molar-refractivity contribution in [1.29, 1.82) is 0 Å². The Morgan fingerprint density at radius 1 is 1.19 bits per heavy atom. The first kappa shape index (κ1) is 14.4. The number of benzene rings is 1. The van der Waals surface area contributed by atoms with Gasteiger partial charge >= 0.3 is 0 Å². The van der Waals surface area contributed by atoms with Crippen molar-refractivity contribution >= 4 is 22.7 Å². The third-order valence-electron chi connectivity index (χ3n) is 4.06. The van der Waals surface area contributed by atoms with E-state index in [0.29, 0.717) is 6.04 Å². The lowest BCUT2D eigenvalue weighted by molar-refractivity contribution is 0.883. The van der Waals surface area contributed by atoms with E-state index in [-0.39, 0.29) is 0 Å². The van der Waals surface area contributed by atoms with Gasteiger partial charge in [-0.3, -0.25) is 0 Å². The number of para-hydroxylation sites is 2. The molecule has 3 nitrogen and oxygen atoms in total. The molecule has 0 spiro atoms. The first-order valence-corrected chi connectivity index (χ1v) is 8.51. The van der Waals surface area contributed by atoms with Crippen molar-refractivity contribution in [2.75, 3.05) is 23.3 Å². The predicted molar refractivity (Wildman–Crippen MR) is 91.5 cm³/mol. The van der Waals surface area contributed by atoms with Crippen molar-refractivity contribution < 1.29 is 0 Å². The first-order valence-electron chi connectivity index (χ1n) is 7.69. The van der Waals surface area contributed by atoms with Gasteiger partial charge in [-0.25, -0.2) is 4.98 Å². The van der Waals surface area contributed by atoms with Gasteiger partial charge in [-0.1, -0.05) is 12.1 Å². The molecule has 1 atom stereocenters. The first-order chi connectivity index (χ1) is 10.1. The molecule has 0 saturated carbocycles. The Kier molecular flexibility index (Phi) is 4.15. The monoisotopic (exact) mass is 301 g/mol. The molecule has 2 aromatic rings. The van der Waals surface area contributed by atoms with Crippen molar-refractivity contribution in [3.05, 3.63) is 39.8 Å². The molecular formula is C17H23N3S. The van der Waals surface area contributed by atoms with Crippen LogP contribution in [0.25, 0.3) is 0 Å². The highest BCUT2D eigenvalue weighted by Crippen LogP contribution is 2.33. The second-order valence-corrected chi connectivity index (χ2v) is 6.99. The van der Waals surface area contributed by atoms with Gasteiger partial charge in [-0.15, -0.1) is 11.3 Å². The van der Waals surface area contributed by atoms with Crippen LogP contribution in [-0.2, 0) is 0 Å². The van der Waals surface area contributed by atoms with E-state index in [1.807, 2.05) is 0 Å². The summed E-state index contributed by atoms with van der Waals surface area (Å²) in [5, 5.41) is 4.83. The van der Waals surface area contributed by atoms with Crippen LogP contribution < -0.4 is 10.2 Å². The molecule has 2 heterocycles. The Morgan fingerprint density at radius 3 is 2.57 bits per heavy atom. The van der Waals surface area contributed by atoms with E-state index in [1.165, 1.54) is 42.2 Å². The molecule has 1 fully saturated rings. The molecule has 1 aliphatic rings.